The highest BCUT2D eigenvalue weighted by Crippen LogP contribution is 2.26. The Morgan fingerprint density at radius 3 is 3.10 bits per heavy atom. The molecule has 9 heteroatoms. The second-order valence-corrected chi connectivity index (χ2v) is 4.31. The van der Waals surface area contributed by atoms with Gasteiger partial charge in [-0.05, 0) is 13.3 Å². The Morgan fingerprint density at radius 2 is 2.40 bits per heavy atom. The lowest BCUT2D eigenvalue weighted by Gasteiger charge is -2.20. The predicted molar refractivity (Wildman–Crippen MR) is 72.7 cm³/mol. The molecular formula is C11H16N6O3. The summed E-state index contributed by atoms with van der Waals surface area (Å²) >= 11 is 0. The molecule has 2 N–H and O–H groups in total. The summed E-state index contributed by atoms with van der Waals surface area (Å²) in [7, 11) is 0. The number of rotatable bonds is 4. The van der Waals surface area contributed by atoms with Crippen LogP contribution in [0.2, 0.25) is 0 Å². The maximum atomic E-state index is 11.6. The van der Waals surface area contributed by atoms with E-state index in [4.69, 9.17) is 0 Å². The SMILES string of the molecule is CCNc1ncc([N+](=O)[O-])c(N2CCCNC(=O)C2)n1. The van der Waals surface area contributed by atoms with Crippen LogP contribution in [0.5, 0.6) is 0 Å². The average molecular weight is 280 g/mol. The Balaban J connectivity index is 2.37. The topological polar surface area (TPSA) is 113 Å². The summed E-state index contributed by atoms with van der Waals surface area (Å²) < 4.78 is 0. The molecule has 0 saturated carbocycles. The molecule has 9 nitrogen and oxygen atoms in total. The van der Waals surface area contributed by atoms with E-state index in [1.165, 1.54) is 6.20 Å². The van der Waals surface area contributed by atoms with Gasteiger partial charge in [-0.25, -0.2) is 4.98 Å². The first-order chi connectivity index (χ1) is 9.61. The van der Waals surface area contributed by atoms with Gasteiger partial charge in [0.05, 0.1) is 11.5 Å². The van der Waals surface area contributed by atoms with E-state index in [1.54, 1.807) is 4.90 Å². The van der Waals surface area contributed by atoms with E-state index in [0.717, 1.165) is 0 Å². The third kappa shape index (κ3) is 3.11. The largest absolute Gasteiger partial charge is 0.354 e. The van der Waals surface area contributed by atoms with Crippen molar-refractivity contribution < 1.29 is 9.72 Å². The molecule has 0 bridgehead atoms. The fourth-order valence-corrected chi connectivity index (χ4v) is 1.96. The molecule has 20 heavy (non-hydrogen) atoms. The van der Waals surface area contributed by atoms with Gasteiger partial charge < -0.3 is 15.5 Å². The van der Waals surface area contributed by atoms with Crippen molar-refractivity contribution >= 4 is 23.4 Å². The zero-order valence-electron chi connectivity index (χ0n) is 11.1. The Hall–Kier alpha value is -2.45. The first kappa shape index (κ1) is 14.0. The van der Waals surface area contributed by atoms with Gasteiger partial charge in [-0.15, -0.1) is 0 Å². The molecule has 0 aromatic carbocycles. The molecule has 1 amide bonds. The quantitative estimate of drug-likeness (QED) is 0.595. The molecule has 2 heterocycles. The molecule has 0 unspecified atom stereocenters. The van der Waals surface area contributed by atoms with Gasteiger partial charge in [0.25, 0.3) is 0 Å². The minimum absolute atomic E-state index is 0.0589. The first-order valence-corrected chi connectivity index (χ1v) is 6.38. The molecule has 108 valence electrons. The van der Waals surface area contributed by atoms with Crippen LogP contribution in [0.3, 0.4) is 0 Å². The lowest BCUT2D eigenvalue weighted by molar-refractivity contribution is -0.384. The second kappa shape index (κ2) is 6.13. The van der Waals surface area contributed by atoms with Crippen LogP contribution >= 0.6 is 0 Å². The van der Waals surface area contributed by atoms with Crippen molar-refractivity contribution in [3.05, 3.63) is 16.3 Å². The molecule has 1 aromatic heterocycles. The number of nitrogens with one attached hydrogen (secondary N) is 2. The molecule has 1 aliphatic rings. The van der Waals surface area contributed by atoms with Crippen molar-refractivity contribution in [2.75, 3.05) is 36.4 Å². The summed E-state index contributed by atoms with van der Waals surface area (Å²) in [5, 5.41) is 16.7. The highest BCUT2D eigenvalue weighted by molar-refractivity contribution is 5.82. The average Bonchev–Trinajstić information content (AvgIpc) is 2.63. The number of aromatic nitrogens is 2. The molecule has 1 aromatic rings. The van der Waals surface area contributed by atoms with Crippen LogP contribution < -0.4 is 15.5 Å². The van der Waals surface area contributed by atoms with Crippen LogP contribution in [-0.2, 0) is 4.79 Å². The van der Waals surface area contributed by atoms with Gasteiger partial charge >= 0.3 is 5.69 Å². The fraction of sp³-hybridized carbons (Fsp3) is 0.545. The molecule has 0 spiro atoms. The molecule has 0 radical (unpaired) electrons. The molecular weight excluding hydrogens is 264 g/mol. The van der Waals surface area contributed by atoms with E-state index >= 15 is 0 Å². The number of carbonyl (C=O) groups excluding carboxylic acids is 1. The van der Waals surface area contributed by atoms with Gasteiger partial charge in [0.15, 0.2) is 0 Å². The lowest BCUT2D eigenvalue weighted by atomic mass is 10.3. The predicted octanol–water partition coefficient (Wildman–Crippen LogP) is 0.143. The minimum Gasteiger partial charge on any atom is -0.354 e. The maximum Gasteiger partial charge on any atom is 0.329 e. The first-order valence-electron chi connectivity index (χ1n) is 6.38. The van der Waals surface area contributed by atoms with E-state index in [2.05, 4.69) is 20.6 Å². The van der Waals surface area contributed by atoms with Crippen molar-refractivity contribution in [1.82, 2.24) is 15.3 Å². The Morgan fingerprint density at radius 1 is 1.60 bits per heavy atom. The van der Waals surface area contributed by atoms with Gasteiger partial charge in [-0.1, -0.05) is 0 Å². The van der Waals surface area contributed by atoms with Crippen LogP contribution in [0.15, 0.2) is 6.20 Å². The van der Waals surface area contributed by atoms with E-state index in [-0.39, 0.29) is 24.0 Å². The number of nitrogens with zero attached hydrogens (tertiary/aromatic N) is 4. The fourth-order valence-electron chi connectivity index (χ4n) is 1.96. The number of hydrogen-bond acceptors (Lipinski definition) is 7. The van der Waals surface area contributed by atoms with Crippen LogP contribution in [-0.4, -0.2) is 47.0 Å². The van der Waals surface area contributed by atoms with Gasteiger partial charge in [0.1, 0.15) is 6.20 Å². The highest BCUT2D eigenvalue weighted by atomic mass is 16.6. The van der Waals surface area contributed by atoms with E-state index < -0.39 is 4.92 Å². The molecule has 2 rings (SSSR count). The zero-order valence-corrected chi connectivity index (χ0v) is 11.1. The summed E-state index contributed by atoms with van der Waals surface area (Å²) in [4.78, 5) is 31.8. The maximum absolute atomic E-state index is 11.6. The van der Waals surface area contributed by atoms with Gasteiger partial charge in [-0.3, -0.25) is 14.9 Å². The minimum atomic E-state index is -0.534. The van der Waals surface area contributed by atoms with E-state index in [9.17, 15) is 14.9 Å². The van der Waals surface area contributed by atoms with Gasteiger partial charge in [-0.2, -0.15) is 4.98 Å². The number of nitro groups is 1. The number of anilines is 2. The van der Waals surface area contributed by atoms with Crippen molar-refractivity contribution in [1.29, 1.82) is 0 Å². The lowest BCUT2D eigenvalue weighted by Crippen LogP contribution is -2.34. The molecule has 1 fully saturated rings. The molecule has 1 aliphatic heterocycles. The Labute approximate surface area is 115 Å². The second-order valence-electron chi connectivity index (χ2n) is 4.31. The van der Waals surface area contributed by atoms with Crippen molar-refractivity contribution in [2.45, 2.75) is 13.3 Å². The summed E-state index contributed by atoms with van der Waals surface area (Å²) in [5.74, 6) is 0.330. The monoisotopic (exact) mass is 280 g/mol. The number of carbonyl (C=O) groups is 1. The number of amides is 1. The third-order valence-electron chi connectivity index (χ3n) is 2.84. The molecule has 0 atom stereocenters. The summed E-state index contributed by atoms with van der Waals surface area (Å²) in [6.45, 7) is 3.64. The van der Waals surface area contributed by atoms with Crippen LogP contribution in [0.1, 0.15) is 13.3 Å². The van der Waals surface area contributed by atoms with Crippen LogP contribution in [0.4, 0.5) is 17.5 Å². The number of hydrogen-bond donors (Lipinski definition) is 2. The Kier molecular flexibility index (Phi) is 4.28. The van der Waals surface area contributed by atoms with E-state index in [1.807, 2.05) is 6.92 Å². The third-order valence-corrected chi connectivity index (χ3v) is 2.84. The summed E-state index contributed by atoms with van der Waals surface area (Å²) in [6.07, 6.45) is 1.88. The Bertz CT molecular complexity index is 521. The molecule has 1 saturated heterocycles. The molecule has 0 aliphatic carbocycles. The highest BCUT2D eigenvalue weighted by Gasteiger charge is 2.25. The normalized spacial score (nSPS) is 15.4. The summed E-state index contributed by atoms with van der Waals surface area (Å²) in [6, 6.07) is 0. The van der Waals surface area contributed by atoms with Crippen LogP contribution in [0.25, 0.3) is 0 Å². The zero-order chi connectivity index (χ0) is 14.5. The summed E-state index contributed by atoms with van der Waals surface area (Å²) in [5.41, 5.74) is -0.193. The van der Waals surface area contributed by atoms with Crippen molar-refractivity contribution in [3.63, 3.8) is 0 Å². The van der Waals surface area contributed by atoms with E-state index in [0.29, 0.717) is 32.0 Å². The van der Waals surface area contributed by atoms with Crippen LogP contribution in [0, 0.1) is 10.1 Å². The van der Waals surface area contributed by atoms with Gasteiger partial charge in [0.2, 0.25) is 17.7 Å². The van der Waals surface area contributed by atoms with Crippen molar-refractivity contribution in [2.24, 2.45) is 0 Å². The van der Waals surface area contributed by atoms with Gasteiger partial charge in [0, 0.05) is 19.6 Å². The smallest absolute Gasteiger partial charge is 0.329 e. The standard InChI is InChI=1S/C11H16N6O3/c1-2-12-11-14-6-8(17(19)20)10(15-11)16-5-3-4-13-9(18)7-16/h6H,2-5,7H2,1H3,(H,13,18)(H,12,14,15). The van der Waals surface area contributed by atoms with Crippen molar-refractivity contribution in [3.8, 4) is 0 Å².